The van der Waals surface area contributed by atoms with Gasteiger partial charge in [0.1, 0.15) is 0 Å². The van der Waals surface area contributed by atoms with Gasteiger partial charge in [-0.15, -0.1) is 0 Å². The minimum Gasteiger partial charge on any atom is -0.318 e. The maximum Gasteiger partial charge on any atom is 0.0235 e. The van der Waals surface area contributed by atoms with E-state index in [4.69, 9.17) is 0 Å². The SMILES string of the molecule is CNCC1CCN1C(C)C.[HH]. The zero-order chi connectivity index (χ0) is 7.56. The van der Waals surface area contributed by atoms with Crippen LogP contribution in [-0.2, 0) is 0 Å². The maximum absolute atomic E-state index is 3.21. The molecule has 0 saturated carbocycles. The number of hydrogen-bond acceptors (Lipinski definition) is 2. The quantitative estimate of drug-likeness (QED) is 0.634. The largest absolute Gasteiger partial charge is 0.318 e. The molecule has 1 atom stereocenters. The molecule has 0 spiro atoms. The van der Waals surface area contributed by atoms with Crippen molar-refractivity contribution in [2.45, 2.75) is 32.4 Å². The highest BCUT2D eigenvalue weighted by Gasteiger charge is 2.28. The molecule has 1 rings (SSSR count). The Morgan fingerprint density at radius 3 is 2.70 bits per heavy atom. The lowest BCUT2D eigenvalue weighted by molar-refractivity contribution is 0.0579. The fourth-order valence-electron chi connectivity index (χ4n) is 1.60. The van der Waals surface area contributed by atoms with Gasteiger partial charge in [0.25, 0.3) is 0 Å². The molecule has 62 valence electrons. The van der Waals surface area contributed by atoms with Crippen LogP contribution in [0.5, 0.6) is 0 Å². The van der Waals surface area contributed by atoms with Crippen molar-refractivity contribution in [3.63, 3.8) is 0 Å². The molecular formula is C8H20N2. The molecule has 1 saturated heterocycles. The molecule has 0 radical (unpaired) electrons. The molecular weight excluding hydrogens is 124 g/mol. The molecule has 2 nitrogen and oxygen atoms in total. The molecule has 1 fully saturated rings. The second-order valence-corrected chi connectivity index (χ2v) is 3.33. The predicted molar refractivity (Wildman–Crippen MR) is 46.3 cm³/mol. The van der Waals surface area contributed by atoms with Gasteiger partial charge in [-0.05, 0) is 27.3 Å². The summed E-state index contributed by atoms with van der Waals surface area (Å²) in [5.41, 5.74) is 0. The van der Waals surface area contributed by atoms with E-state index in [1.165, 1.54) is 13.0 Å². The van der Waals surface area contributed by atoms with Crippen LogP contribution in [0.3, 0.4) is 0 Å². The van der Waals surface area contributed by atoms with Crippen LogP contribution < -0.4 is 5.32 Å². The molecule has 0 aromatic rings. The van der Waals surface area contributed by atoms with E-state index in [0.717, 1.165) is 18.6 Å². The summed E-state index contributed by atoms with van der Waals surface area (Å²) in [6.45, 7) is 6.98. The molecule has 0 aromatic carbocycles. The zero-order valence-corrected chi connectivity index (χ0v) is 7.22. The van der Waals surface area contributed by atoms with Crippen LogP contribution in [0, 0.1) is 0 Å². The van der Waals surface area contributed by atoms with Crippen molar-refractivity contribution in [1.82, 2.24) is 10.2 Å². The van der Waals surface area contributed by atoms with E-state index in [0.29, 0.717) is 0 Å². The summed E-state index contributed by atoms with van der Waals surface area (Å²) in [5.74, 6) is 0. The molecule has 1 aliphatic rings. The Balaban J connectivity index is 0.000001000. The third-order valence-corrected chi connectivity index (χ3v) is 2.29. The van der Waals surface area contributed by atoms with Crippen molar-refractivity contribution >= 4 is 0 Å². The van der Waals surface area contributed by atoms with Gasteiger partial charge in [-0.3, -0.25) is 4.90 Å². The fourth-order valence-corrected chi connectivity index (χ4v) is 1.60. The van der Waals surface area contributed by atoms with Crippen molar-refractivity contribution in [1.29, 1.82) is 0 Å². The van der Waals surface area contributed by atoms with Gasteiger partial charge in [-0.1, -0.05) is 0 Å². The van der Waals surface area contributed by atoms with Crippen LogP contribution in [-0.4, -0.2) is 37.1 Å². The third-order valence-electron chi connectivity index (χ3n) is 2.29. The monoisotopic (exact) mass is 144 g/mol. The molecule has 10 heavy (non-hydrogen) atoms. The summed E-state index contributed by atoms with van der Waals surface area (Å²) < 4.78 is 0. The van der Waals surface area contributed by atoms with Crippen LogP contribution >= 0.6 is 0 Å². The average molecular weight is 144 g/mol. The number of hydrogen-bond donors (Lipinski definition) is 1. The van der Waals surface area contributed by atoms with E-state index in [1.807, 2.05) is 7.05 Å². The molecule has 1 N–H and O–H groups in total. The molecule has 0 amide bonds. The summed E-state index contributed by atoms with van der Waals surface area (Å²) in [4.78, 5) is 2.54. The Morgan fingerprint density at radius 1 is 1.70 bits per heavy atom. The number of rotatable bonds is 3. The smallest absolute Gasteiger partial charge is 0.0235 e. The van der Waals surface area contributed by atoms with Crippen LogP contribution in [0.2, 0.25) is 0 Å². The topological polar surface area (TPSA) is 15.3 Å². The third kappa shape index (κ3) is 1.50. The number of likely N-dealkylation sites (N-methyl/N-ethyl adjacent to an activating group) is 1. The van der Waals surface area contributed by atoms with Gasteiger partial charge in [0.2, 0.25) is 0 Å². The highest BCUT2D eigenvalue weighted by atomic mass is 15.2. The number of nitrogens with zero attached hydrogens (tertiary/aromatic N) is 1. The van der Waals surface area contributed by atoms with Gasteiger partial charge in [-0.25, -0.2) is 0 Å². The molecule has 0 aromatic heterocycles. The van der Waals surface area contributed by atoms with E-state index < -0.39 is 0 Å². The van der Waals surface area contributed by atoms with Crippen LogP contribution in [0.15, 0.2) is 0 Å². The van der Waals surface area contributed by atoms with Gasteiger partial charge >= 0.3 is 0 Å². The van der Waals surface area contributed by atoms with Crippen molar-refractivity contribution in [3.8, 4) is 0 Å². The standard InChI is InChI=1S/C8H18N2.H2/c1-7(2)10-5-4-8(10)6-9-3;/h7-9H,4-6H2,1-3H3;1H. The Bertz CT molecular complexity index is 106. The lowest BCUT2D eigenvalue weighted by Gasteiger charge is -2.43. The van der Waals surface area contributed by atoms with Crippen molar-refractivity contribution < 1.29 is 1.43 Å². The predicted octanol–water partition coefficient (Wildman–Crippen LogP) is 0.934. The van der Waals surface area contributed by atoms with Gasteiger partial charge in [0.15, 0.2) is 0 Å². The Hall–Kier alpha value is -0.0800. The highest BCUT2D eigenvalue weighted by Crippen LogP contribution is 2.18. The van der Waals surface area contributed by atoms with Crippen molar-refractivity contribution in [3.05, 3.63) is 0 Å². The highest BCUT2D eigenvalue weighted by molar-refractivity contribution is 4.85. The van der Waals surface area contributed by atoms with E-state index in [1.54, 1.807) is 0 Å². The Labute approximate surface area is 65.1 Å². The molecule has 0 aliphatic carbocycles. The molecule has 1 unspecified atom stereocenters. The van der Waals surface area contributed by atoms with Crippen LogP contribution in [0.1, 0.15) is 21.7 Å². The zero-order valence-electron chi connectivity index (χ0n) is 7.22. The van der Waals surface area contributed by atoms with Crippen molar-refractivity contribution in [2.24, 2.45) is 0 Å². The normalized spacial score (nSPS) is 27.0. The first-order chi connectivity index (χ1) is 4.75. The minimum atomic E-state index is 0. The van der Waals surface area contributed by atoms with Crippen molar-refractivity contribution in [2.75, 3.05) is 20.1 Å². The molecule has 1 heterocycles. The summed E-state index contributed by atoms with van der Waals surface area (Å²) in [5, 5.41) is 3.21. The molecule has 2 heteroatoms. The first-order valence-electron chi connectivity index (χ1n) is 4.16. The fraction of sp³-hybridized carbons (Fsp3) is 1.00. The van der Waals surface area contributed by atoms with E-state index in [9.17, 15) is 0 Å². The Morgan fingerprint density at radius 2 is 2.40 bits per heavy atom. The minimum absolute atomic E-state index is 0. The lowest BCUT2D eigenvalue weighted by Crippen LogP contribution is -2.55. The van der Waals surface area contributed by atoms with Crippen LogP contribution in [0.25, 0.3) is 0 Å². The van der Waals surface area contributed by atoms with Gasteiger partial charge in [0.05, 0.1) is 0 Å². The summed E-state index contributed by atoms with van der Waals surface area (Å²) in [6.07, 6.45) is 1.37. The average Bonchev–Trinajstić information content (AvgIpc) is 1.78. The molecule has 1 aliphatic heterocycles. The molecule has 0 bridgehead atoms. The van der Waals surface area contributed by atoms with E-state index in [2.05, 4.69) is 24.1 Å². The summed E-state index contributed by atoms with van der Waals surface area (Å²) >= 11 is 0. The van der Waals surface area contributed by atoms with E-state index >= 15 is 0 Å². The lowest BCUT2D eigenvalue weighted by atomic mass is 10.0. The van der Waals surface area contributed by atoms with Gasteiger partial charge in [0, 0.05) is 26.6 Å². The van der Waals surface area contributed by atoms with Gasteiger partial charge in [-0.2, -0.15) is 0 Å². The summed E-state index contributed by atoms with van der Waals surface area (Å²) in [6, 6.07) is 1.54. The Kier molecular flexibility index (Phi) is 2.69. The maximum atomic E-state index is 3.21. The first kappa shape index (κ1) is 8.02. The van der Waals surface area contributed by atoms with Crippen LogP contribution in [0.4, 0.5) is 0 Å². The first-order valence-corrected chi connectivity index (χ1v) is 4.16. The van der Waals surface area contributed by atoms with E-state index in [-0.39, 0.29) is 1.43 Å². The number of likely N-dealkylation sites (tertiary alicyclic amines) is 1. The number of nitrogens with one attached hydrogen (secondary N) is 1. The summed E-state index contributed by atoms with van der Waals surface area (Å²) in [7, 11) is 2.02. The second kappa shape index (κ2) is 3.35. The van der Waals surface area contributed by atoms with Gasteiger partial charge < -0.3 is 5.32 Å². The second-order valence-electron chi connectivity index (χ2n) is 3.33.